The topological polar surface area (TPSA) is 86.0 Å². The molecule has 0 spiro atoms. The first kappa shape index (κ1) is 39.1. The largest absolute Gasteiger partial charge is 0.351 e. The van der Waals surface area contributed by atoms with Crippen LogP contribution in [0.5, 0.6) is 0 Å². The Morgan fingerprint density at radius 2 is 1.13 bits per heavy atom. The summed E-state index contributed by atoms with van der Waals surface area (Å²) in [6, 6.07) is 0. The normalized spacial score (nSPS) is 8.19. The fraction of sp³-hybridized carbons (Fsp3) is 0.640. The zero-order valence-electron chi connectivity index (χ0n) is 20.6. The van der Waals surface area contributed by atoms with Crippen LogP contribution in [0.2, 0.25) is 0 Å². The third kappa shape index (κ3) is 65.6. The van der Waals surface area contributed by atoms with Crippen LogP contribution in [0.3, 0.4) is 0 Å². The number of nitrogens with one attached hydrogen (secondary N) is 3. The molecular formula is C25H54N6. The van der Waals surface area contributed by atoms with Gasteiger partial charge in [0.25, 0.3) is 0 Å². The molecule has 0 radical (unpaired) electrons. The quantitative estimate of drug-likeness (QED) is 0.331. The maximum absolute atomic E-state index is 3.86. The summed E-state index contributed by atoms with van der Waals surface area (Å²) in [5.74, 6) is 3.47. The van der Waals surface area contributed by atoms with Crippen LogP contribution in [0, 0.1) is 31.6 Å². The average molecular weight is 439 g/mol. The Hall–Kier alpha value is -2.37. The molecule has 0 amide bonds. The van der Waals surface area contributed by atoms with Gasteiger partial charge in [0.2, 0.25) is 0 Å². The maximum Gasteiger partial charge on any atom is 0.102 e. The van der Waals surface area contributed by atoms with Crippen molar-refractivity contribution in [2.24, 2.45) is 17.8 Å². The van der Waals surface area contributed by atoms with Crippen LogP contribution in [0.4, 0.5) is 0 Å². The lowest BCUT2D eigenvalue weighted by Crippen LogP contribution is -1.66. The Kier molecular flexibility index (Phi) is 37.7. The van der Waals surface area contributed by atoms with Gasteiger partial charge in [-0.15, -0.1) is 0 Å². The summed E-state index contributed by atoms with van der Waals surface area (Å²) in [7, 11) is 0. The van der Waals surface area contributed by atoms with Gasteiger partial charge in [-0.05, 0) is 31.6 Å². The third-order valence-corrected chi connectivity index (χ3v) is 1.68. The van der Waals surface area contributed by atoms with Gasteiger partial charge in [-0.25, -0.2) is 15.0 Å². The molecule has 0 bridgehead atoms. The molecule has 0 aliphatic heterocycles. The average Bonchev–Trinajstić information content (AvgIpc) is 3.30. The summed E-state index contributed by atoms with van der Waals surface area (Å²) in [5, 5.41) is 0. The van der Waals surface area contributed by atoms with Crippen molar-refractivity contribution in [1.29, 1.82) is 0 Å². The van der Waals surface area contributed by atoms with Gasteiger partial charge in [-0.2, -0.15) is 0 Å². The second-order valence-corrected chi connectivity index (χ2v) is 8.37. The van der Waals surface area contributed by atoms with Gasteiger partial charge in [0.05, 0.1) is 12.7 Å². The lowest BCUT2D eigenvalue weighted by Gasteiger charge is -1.79. The molecule has 3 N–H and O–H groups in total. The standard InChI is InChI=1S/2C4H6N2.3C4H10.C3H4N2.2CH4/c1-4-2-5-3-6-4;1-4-5-2-3-6-4;3*1-4(2)3;1-2-5-3-4-1;;/h2*2-3H,1H3,(H,5,6);3*4H,1-3H3;1-3H,(H,4,5);2*1H4. The number of nitrogens with zero attached hydrogens (tertiary/aromatic N) is 3. The molecule has 0 atom stereocenters. The first-order valence-corrected chi connectivity index (χ1v) is 10.3. The summed E-state index contributed by atoms with van der Waals surface area (Å²) in [4.78, 5) is 19.8. The van der Waals surface area contributed by atoms with Gasteiger partial charge in [0, 0.05) is 36.7 Å². The van der Waals surface area contributed by atoms with E-state index in [2.05, 4.69) is 92.2 Å². The van der Waals surface area contributed by atoms with E-state index in [1.54, 1.807) is 43.6 Å². The third-order valence-electron chi connectivity index (χ3n) is 1.68. The van der Waals surface area contributed by atoms with E-state index >= 15 is 0 Å². The van der Waals surface area contributed by atoms with Crippen molar-refractivity contribution in [3.05, 3.63) is 55.2 Å². The van der Waals surface area contributed by atoms with E-state index in [9.17, 15) is 0 Å². The van der Waals surface area contributed by atoms with Crippen LogP contribution < -0.4 is 0 Å². The number of aromatic nitrogens is 6. The molecule has 184 valence electrons. The Labute approximate surface area is 194 Å². The fourth-order valence-corrected chi connectivity index (χ4v) is 0.885. The molecule has 6 heteroatoms. The second kappa shape index (κ2) is 29.8. The summed E-state index contributed by atoms with van der Waals surface area (Å²) >= 11 is 0. The highest BCUT2D eigenvalue weighted by Gasteiger charge is 1.74. The molecule has 0 saturated heterocycles. The molecule has 6 nitrogen and oxygen atoms in total. The van der Waals surface area contributed by atoms with E-state index in [1.807, 2.05) is 13.8 Å². The van der Waals surface area contributed by atoms with E-state index in [1.165, 1.54) is 0 Å². The van der Waals surface area contributed by atoms with E-state index in [0.717, 1.165) is 29.3 Å². The van der Waals surface area contributed by atoms with E-state index in [0.29, 0.717) is 0 Å². The summed E-state index contributed by atoms with van der Waals surface area (Å²) in [6.07, 6.45) is 12.1. The fourth-order valence-electron chi connectivity index (χ4n) is 0.885. The molecule has 0 fully saturated rings. The maximum atomic E-state index is 3.86. The van der Waals surface area contributed by atoms with Crippen LogP contribution in [0.1, 0.15) is 88.7 Å². The van der Waals surface area contributed by atoms with E-state index < -0.39 is 0 Å². The van der Waals surface area contributed by atoms with E-state index in [-0.39, 0.29) is 14.9 Å². The number of H-pyrrole nitrogens is 3. The second-order valence-electron chi connectivity index (χ2n) is 8.37. The molecule has 3 rings (SSSR count). The highest BCUT2D eigenvalue weighted by atomic mass is 14.9. The van der Waals surface area contributed by atoms with Crippen molar-refractivity contribution in [2.75, 3.05) is 0 Å². The number of aryl methyl sites for hydroxylation is 2. The van der Waals surface area contributed by atoms with Crippen LogP contribution >= 0.6 is 0 Å². The lowest BCUT2D eigenvalue weighted by atomic mass is 10.3. The summed E-state index contributed by atoms with van der Waals surface area (Å²) < 4.78 is 0. The number of hydrogen-bond donors (Lipinski definition) is 3. The lowest BCUT2D eigenvalue weighted by molar-refractivity contribution is 0.736. The van der Waals surface area contributed by atoms with Crippen molar-refractivity contribution < 1.29 is 0 Å². The highest BCUT2D eigenvalue weighted by molar-refractivity contribution is 4.87. The van der Waals surface area contributed by atoms with Gasteiger partial charge >= 0.3 is 0 Å². The number of hydrogen-bond acceptors (Lipinski definition) is 3. The Morgan fingerprint density at radius 1 is 0.645 bits per heavy atom. The molecule has 0 saturated carbocycles. The summed E-state index contributed by atoms with van der Waals surface area (Å²) in [6.45, 7) is 23.4. The molecule has 0 aromatic carbocycles. The van der Waals surface area contributed by atoms with Crippen LogP contribution in [-0.2, 0) is 0 Å². The zero-order chi connectivity index (χ0) is 23.1. The minimum absolute atomic E-state index is 0. The van der Waals surface area contributed by atoms with Gasteiger partial charge in [-0.3, -0.25) is 0 Å². The predicted octanol–water partition coefficient (Wildman–Crippen LogP) is 8.11. The van der Waals surface area contributed by atoms with Gasteiger partial charge in [0.15, 0.2) is 0 Å². The number of rotatable bonds is 0. The molecule has 0 aliphatic carbocycles. The highest BCUT2D eigenvalue weighted by Crippen LogP contribution is 1.82. The first-order valence-electron chi connectivity index (χ1n) is 10.3. The predicted molar refractivity (Wildman–Crippen MR) is 140 cm³/mol. The zero-order valence-corrected chi connectivity index (χ0v) is 20.6. The number of imidazole rings is 3. The van der Waals surface area contributed by atoms with Crippen molar-refractivity contribution in [3.8, 4) is 0 Å². The Morgan fingerprint density at radius 3 is 1.23 bits per heavy atom. The Balaban J connectivity index is -0.0000000872. The molecule has 3 heterocycles. The molecule has 0 unspecified atom stereocenters. The van der Waals surface area contributed by atoms with E-state index in [4.69, 9.17) is 0 Å². The minimum atomic E-state index is 0. The minimum Gasteiger partial charge on any atom is -0.351 e. The molecular weight excluding hydrogens is 384 g/mol. The summed E-state index contributed by atoms with van der Waals surface area (Å²) in [5.41, 5.74) is 1.11. The molecule has 3 aromatic rings. The van der Waals surface area contributed by atoms with Crippen LogP contribution in [0.15, 0.2) is 43.6 Å². The first-order chi connectivity index (χ1) is 13.5. The number of aromatic amines is 3. The monoisotopic (exact) mass is 438 g/mol. The Bertz CT molecular complexity index is 496. The molecule has 31 heavy (non-hydrogen) atoms. The van der Waals surface area contributed by atoms with Crippen LogP contribution in [-0.4, -0.2) is 29.9 Å². The molecule has 0 aliphatic rings. The van der Waals surface area contributed by atoms with Crippen molar-refractivity contribution in [2.45, 2.75) is 91.0 Å². The van der Waals surface area contributed by atoms with Gasteiger partial charge in [0.1, 0.15) is 5.82 Å². The van der Waals surface area contributed by atoms with Gasteiger partial charge in [-0.1, -0.05) is 77.2 Å². The van der Waals surface area contributed by atoms with Gasteiger partial charge < -0.3 is 15.0 Å². The van der Waals surface area contributed by atoms with Crippen molar-refractivity contribution in [3.63, 3.8) is 0 Å². The van der Waals surface area contributed by atoms with Crippen LogP contribution in [0.25, 0.3) is 0 Å². The SMILES string of the molecule is C.C.CC(C)C.CC(C)C.CC(C)C.Cc1cnc[nH]1.Cc1ncc[nH]1.c1c[nH]cn1. The molecule has 3 aromatic heterocycles. The van der Waals surface area contributed by atoms with Crippen molar-refractivity contribution in [1.82, 2.24) is 29.9 Å². The van der Waals surface area contributed by atoms with Crippen molar-refractivity contribution >= 4 is 0 Å². The smallest absolute Gasteiger partial charge is 0.102 e.